The van der Waals surface area contributed by atoms with Gasteiger partial charge in [-0.2, -0.15) is 0 Å². The third-order valence-electron chi connectivity index (χ3n) is 3.53. The number of hydrogen-bond donors (Lipinski definition) is 3. The van der Waals surface area contributed by atoms with E-state index in [0.717, 1.165) is 13.0 Å². The smallest absolute Gasteiger partial charge is 0.240 e. The lowest BCUT2D eigenvalue weighted by Crippen LogP contribution is -2.49. The third-order valence-corrected chi connectivity index (χ3v) is 3.53. The summed E-state index contributed by atoms with van der Waals surface area (Å²) in [6, 6.07) is 0.171. The van der Waals surface area contributed by atoms with Gasteiger partial charge in [-0.15, -0.1) is 0 Å². The molecule has 1 heterocycles. The lowest BCUT2D eigenvalue weighted by atomic mass is 9.91. The summed E-state index contributed by atoms with van der Waals surface area (Å²) in [4.78, 5) is 13.8. The Balaban J connectivity index is 2.63. The molecule has 4 N–H and O–H groups in total. The molecule has 0 radical (unpaired) electrons. The normalized spacial score (nSPS) is 27.1. The van der Waals surface area contributed by atoms with Crippen molar-refractivity contribution in [1.29, 1.82) is 0 Å². The topological polar surface area (TPSA) is 78.6 Å². The molecule has 0 aromatic rings. The van der Waals surface area contributed by atoms with Crippen LogP contribution in [-0.2, 0) is 4.79 Å². The molecule has 2 unspecified atom stereocenters. The zero-order valence-corrected chi connectivity index (χ0v) is 10.4. The van der Waals surface area contributed by atoms with Crippen LogP contribution < -0.4 is 11.3 Å². The van der Waals surface area contributed by atoms with Crippen molar-refractivity contribution in [2.75, 3.05) is 19.7 Å². The van der Waals surface area contributed by atoms with Crippen LogP contribution in [0.3, 0.4) is 0 Å². The van der Waals surface area contributed by atoms with Crippen LogP contribution in [0.2, 0.25) is 0 Å². The number of aliphatic hydroxyl groups is 1. The molecule has 1 fully saturated rings. The monoisotopic (exact) mass is 229 g/mol. The number of aliphatic hydroxyl groups excluding tert-OH is 1. The number of nitrogens with zero attached hydrogens (tertiary/aromatic N) is 1. The summed E-state index contributed by atoms with van der Waals surface area (Å²) in [5, 5.41) is 9.33. The van der Waals surface area contributed by atoms with Crippen LogP contribution in [0.25, 0.3) is 0 Å². The second kappa shape index (κ2) is 5.12. The summed E-state index contributed by atoms with van der Waals surface area (Å²) in [7, 11) is 0. The Morgan fingerprint density at radius 3 is 2.75 bits per heavy atom. The number of hydrazine groups is 1. The average molecular weight is 229 g/mol. The van der Waals surface area contributed by atoms with Gasteiger partial charge in [0.1, 0.15) is 0 Å². The van der Waals surface area contributed by atoms with Gasteiger partial charge < -0.3 is 5.11 Å². The highest BCUT2D eigenvalue weighted by molar-refractivity contribution is 5.81. The van der Waals surface area contributed by atoms with Crippen LogP contribution in [0.4, 0.5) is 0 Å². The van der Waals surface area contributed by atoms with E-state index in [9.17, 15) is 9.90 Å². The molecule has 0 aliphatic carbocycles. The largest absolute Gasteiger partial charge is 0.395 e. The van der Waals surface area contributed by atoms with Crippen LogP contribution in [0.1, 0.15) is 27.2 Å². The van der Waals surface area contributed by atoms with Crippen LogP contribution in [-0.4, -0.2) is 41.7 Å². The maximum Gasteiger partial charge on any atom is 0.240 e. The second-order valence-electron chi connectivity index (χ2n) is 5.34. The highest BCUT2D eigenvalue weighted by atomic mass is 16.3. The van der Waals surface area contributed by atoms with Gasteiger partial charge in [0.05, 0.1) is 12.0 Å². The molecule has 16 heavy (non-hydrogen) atoms. The maximum absolute atomic E-state index is 11.6. The third kappa shape index (κ3) is 2.72. The number of nitrogens with one attached hydrogen (secondary N) is 1. The van der Waals surface area contributed by atoms with E-state index in [0.29, 0.717) is 12.5 Å². The van der Waals surface area contributed by atoms with Crippen molar-refractivity contribution in [3.63, 3.8) is 0 Å². The zero-order chi connectivity index (χ0) is 12.3. The van der Waals surface area contributed by atoms with Gasteiger partial charge >= 0.3 is 0 Å². The van der Waals surface area contributed by atoms with E-state index >= 15 is 0 Å². The van der Waals surface area contributed by atoms with Crippen molar-refractivity contribution in [2.24, 2.45) is 17.2 Å². The summed E-state index contributed by atoms with van der Waals surface area (Å²) < 4.78 is 0. The number of carbonyl (C=O) groups is 1. The van der Waals surface area contributed by atoms with E-state index in [2.05, 4.69) is 17.2 Å². The van der Waals surface area contributed by atoms with E-state index in [1.807, 2.05) is 13.8 Å². The molecule has 0 aromatic heterocycles. The Morgan fingerprint density at radius 2 is 2.25 bits per heavy atom. The van der Waals surface area contributed by atoms with Crippen molar-refractivity contribution in [2.45, 2.75) is 33.2 Å². The van der Waals surface area contributed by atoms with Gasteiger partial charge in [-0.1, -0.05) is 6.92 Å². The Kier molecular flexibility index (Phi) is 4.29. The van der Waals surface area contributed by atoms with E-state index in [4.69, 9.17) is 5.84 Å². The number of amides is 1. The maximum atomic E-state index is 11.6. The van der Waals surface area contributed by atoms with Gasteiger partial charge in [0.15, 0.2) is 0 Å². The predicted octanol–water partition coefficient (Wildman–Crippen LogP) is -0.295. The highest BCUT2D eigenvalue weighted by Crippen LogP contribution is 2.27. The van der Waals surface area contributed by atoms with E-state index in [1.54, 1.807) is 0 Å². The Morgan fingerprint density at radius 1 is 1.62 bits per heavy atom. The molecule has 5 nitrogen and oxygen atoms in total. The molecule has 5 heteroatoms. The molecule has 0 bridgehead atoms. The Labute approximate surface area is 97.0 Å². The van der Waals surface area contributed by atoms with Crippen molar-refractivity contribution >= 4 is 5.91 Å². The number of nitrogens with two attached hydrogens (primary N) is 1. The minimum Gasteiger partial charge on any atom is -0.395 e. The second-order valence-corrected chi connectivity index (χ2v) is 5.34. The zero-order valence-electron chi connectivity index (χ0n) is 10.4. The van der Waals surface area contributed by atoms with E-state index < -0.39 is 5.41 Å². The lowest BCUT2D eigenvalue weighted by molar-refractivity contribution is -0.130. The van der Waals surface area contributed by atoms with Gasteiger partial charge in [0, 0.05) is 12.6 Å². The average Bonchev–Trinajstić information content (AvgIpc) is 2.57. The van der Waals surface area contributed by atoms with Gasteiger partial charge in [-0.05, 0) is 32.7 Å². The fraction of sp³-hybridized carbons (Fsp3) is 0.909. The summed E-state index contributed by atoms with van der Waals surface area (Å²) in [6.45, 7) is 7.59. The number of rotatable bonds is 4. The SMILES string of the molecule is CC1CCN(CC(C)(C)C(=O)NN)C1CO. The first-order valence-corrected chi connectivity index (χ1v) is 5.78. The van der Waals surface area contributed by atoms with E-state index in [-0.39, 0.29) is 18.6 Å². The van der Waals surface area contributed by atoms with Gasteiger partial charge in [-0.3, -0.25) is 15.1 Å². The minimum absolute atomic E-state index is 0.154. The van der Waals surface area contributed by atoms with Crippen molar-refractivity contribution in [1.82, 2.24) is 10.3 Å². The highest BCUT2D eigenvalue weighted by Gasteiger charge is 2.36. The molecule has 0 aromatic carbocycles. The molecule has 1 saturated heterocycles. The quantitative estimate of drug-likeness (QED) is 0.351. The Bertz CT molecular complexity index is 256. The standard InChI is InChI=1S/C11H23N3O2/c1-8-4-5-14(9(8)6-15)7-11(2,3)10(16)13-12/h8-9,15H,4-7,12H2,1-3H3,(H,13,16). The molecule has 2 atom stereocenters. The predicted molar refractivity (Wildman–Crippen MR) is 62.3 cm³/mol. The van der Waals surface area contributed by atoms with Crippen molar-refractivity contribution in [3.05, 3.63) is 0 Å². The van der Waals surface area contributed by atoms with Gasteiger partial charge in [-0.25, -0.2) is 5.84 Å². The fourth-order valence-electron chi connectivity index (χ4n) is 2.35. The van der Waals surface area contributed by atoms with Crippen LogP contribution in [0.15, 0.2) is 0 Å². The first kappa shape index (κ1) is 13.4. The molecule has 94 valence electrons. The molecule has 1 rings (SSSR count). The molecule has 1 aliphatic heterocycles. The Hall–Kier alpha value is -0.650. The van der Waals surface area contributed by atoms with E-state index in [1.165, 1.54) is 0 Å². The van der Waals surface area contributed by atoms with Crippen LogP contribution in [0.5, 0.6) is 0 Å². The molecule has 1 aliphatic rings. The summed E-state index contributed by atoms with van der Waals surface area (Å²) in [6.07, 6.45) is 1.07. The lowest BCUT2D eigenvalue weighted by Gasteiger charge is -2.32. The summed E-state index contributed by atoms with van der Waals surface area (Å²) in [5.41, 5.74) is 1.67. The molecular weight excluding hydrogens is 206 g/mol. The van der Waals surface area contributed by atoms with Crippen molar-refractivity contribution in [3.8, 4) is 0 Å². The molecule has 0 spiro atoms. The van der Waals surface area contributed by atoms with Crippen LogP contribution >= 0.6 is 0 Å². The van der Waals surface area contributed by atoms with Gasteiger partial charge in [0.2, 0.25) is 5.91 Å². The minimum atomic E-state index is -0.522. The number of likely N-dealkylation sites (tertiary alicyclic amines) is 1. The number of carbonyl (C=O) groups excluding carboxylic acids is 1. The molecule has 1 amide bonds. The number of hydrogen-bond acceptors (Lipinski definition) is 4. The first-order valence-electron chi connectivity index (χ1n) is 5.78. The van der Waals surface area contributed by atoms with Crippen LogP contribution in [0, 0.1) is 11.3 Å². The first-order chi connectivity index (χ1) is 7.42. The summed E-state index contributed by atoms with van der Waals surface area (Å²) in [5.74, 6) is 5.48. The molecule has 0 saturated carbocycles. The molecular formula is C11H23N3O2. The summed E-state index contributed by atoms with van der Waals surface area (Å²) >= 11 is 0. The fourth-order valence-corrected chi connectivity index (χ4v) is 2.35. The van der Waals surface area contributed by atoms with Gasteiger partial charge in [0.25, 0.3) is 0 Å². The van der Waals surface area contributed by atoms with Crippen molar-refractivity contribution < 1.29 is 9.90 Å².